The lowest BCUT2D eigenvalue weighted by atomic mass is 10.3. The van der Waals surface area contributed by atoms with E-state index in [2.05, 4.69) is 4.72 Å². The van der Waals surface area contributed by atoms with Crippen molar-refractivity contribution in [1.29, 1.82) is 0 Å². The van der Waals surface area contributed by atoms with Gasteiger partial charge in [-0.3, -0.25) is 0 Å². The number of nitrogens with one attached hydrogen (secondary N) is 1. The van der Waals surface area contributed by atoms with Crippen LogP contribution >= 0.6 is 23.2 Å². The van der Waals surface area contributed by atoms with Gasteiger partial charge in [0, 0.05) is 12.4 Å². The number of rotatable bonds is 6. The number of alkyl halides is 1. The molecule has 0 aliphatic heterocycles. The molecule has 7 heteroatoms. The van der Waals surface area contributed by atoms with Crippen molar-refractivity contribution in [2.24, 2.45) is 0 Å². The number of hydrogen-bond donors (Lipinski definition) is 1. The van der Waals surface area contributed by atoms with Crippen molar-refractivity contribution in [1.82, 2.24) is 4.72 Å². The van der Waals surface area contributed by atoms with Crippen LogP contribution in [-0.2, 0) is 10.0 Å². The first-order valence-corrected chi connectivity index (χ1v) is 7.37. The number of unbranched alkanes of at least 4 members (excludes halogenated alkanes) is 1. The quantitative estimate of drug-likeness (QED) is 0.648. The Hall–Kier alpha value is -0.360. The summed E-state index contributed by atoms with van der Waals surface area (Å²) in [6.45, 7) is 0.252. The molecule has 0 radical (unpaired) electrons. The zero-order chi connectivity index (χ0) is 12.9. The van der Waals surface area contributed by atoms with Crippen molar-refractivity contribution in [3.05, 3.63) is 29.0 Å². The molecule has 0 heterocycles. The lowest BCUT2D eigenvalue weighted by molar-refractivity contribution is 0.575. The number of halogens is 3. The second kappa shape index (κ2) is 6.54. The van der Waals surface area contributed by atoms with E-state index in [0.717, 1.165) is 12.1 Å². The van der Waals surface area contributed by atoms with Crippen LogP contribution in [0, 0.1) is 5.82 Å². The van der Waals surface area contributed by atoms with Gasteiger partial charge in [0.15, 0.2) is 0 Å². The van der Waals surface area contributed by atoms with Gasteiger partial charge in [-0.25, -0.2) is 17.5 Å². The molecule has 1 aromatic carbocycles. The summed E-state index contributed by atoms with van der Waals surface area (Å²) in [6, 6.07) is 3.21. The van der Waals surface area contributed by atoms with Gasteiger partial charge < -0.3 is 0 Å². The maximum absolute atomic E-state index is 13.0. The molecule has 0 unspecified atom stereocenters. The van der Waals surface area contributed by atoms with Gasteiger partial charge >= 0.3 is 0 Å². The smallest absolute Gasteiger partial charge is 0.211 e. The minimum Gasteiger partial charge on any atom is -0.211 e. The molecule has 0 spiro atoms. The normalized spacial score (nSPS) is 11.7. The standard InChI is InChI=1S/C10H12Cl2FNO2S/c11-5-1-2-6-14-17(15,16)10-7-8(13)3-4-9(10)12/h3-4,7,14H,1-2,5-6H2. The van der Waals surface area contributed by atoms with E-state index in [-0.39, 0.29) is 16.5 Å². The minimum atomic E-state index is -3.76. The molecule has 0 atom stereocenters. The Kier molecular flexibility index (Phi) is 5.66. The van der Waals surface area contributed by atoms with Crippen molar-refractivity contribution in [3.8, 4) is 0 Å². The fraction of sp³-hybridized carbons (Fsp3) is 0.400. The van der Waals surface area contributed by atoms with Crippen molar-refractivity contribution in [2.75, 3.05) is 12.4 Å². The third-order valence-electron chi connectivity index (χ3n) is 2.04. The van der Waals surface area contributed by atoms with E-state index in [1.165, 1.54) is 6.07 Å². The van der Waals surface area contributed by atoms with Crippen LogP contribution in [0.2, 0.25) is 5.02 Å². The van der Waals surface area contributed by atoms with Gasteiger partial charge in [0.25, 0.3) is 0 Å². The van der Waals surface area contributed by atoms with Gasteiger partial charge in [-0.05, 0) is 31.0 Å². The lowest BCUT2D eigenvalue weighted by Crippen LogP contribution is -2.25. The highest BCUT2D eigenvalue weighted by atomic mass is 35.5. The zero-order valence-electron chi connectivity index (χ0n) is 8.92. The number of sulfonamides is 1. The predicted octanol–water partition coefficient (Wildman–Crippen LogP) is 2.78. The van der Waals surface area contributed by atoms with Crippen LogP contribution in [0.15, 0.2) is 23.1 Å². The molecule has 96 valence electrons. The SMILES string of the molecule is O=S(=O)(NCCCCCl)c1cc(F)ccc1Cl. The molecule has 1 N–H and O–H groups in total. The highest BCUT2D eigenvalue weighted by molar-refractivity contribution is 7.89. The Balaban J connectivity index is 2.79. The van der Waals surface area contributed by atoms with E-state index < -0.39 is 15.8 Å². The molecular weight excluding hydrogens is 288 g/mol. The molecule has 0 bridgehead atoms. The van der Waals surface area contributed by atoms with Crippen LogP contribution in [0.4, 0.5) is 4.39 Å². The molecule has 0 aliphatic carbocycles. The van der Waals surface area contributed by atoms with Crippen LogP contribution < -0.4 is 4.72 Å². The highest BCUT2D eigenvalue weighted by Crippen LogP contribution is 2.21. The summed E-state index contributed by atoms with van der Waals surface area (Å²) in [4.78, 5) is -0.245. The fourth-order valence-electron chi connectivity index (χ4n) is 1.19. The second-order valence-electron chi connectivity index (χ2n) is 3.37. The van der Waals surface area contributed by atoms with Crippen molar-refractivity contribution >= 4 is 33.2 Å². The summed E-state index contributed by atoms with van der Waals surface area (Å²) in [5.41, 5.74) is 0. The minimum absolute atomic E-state index is 0.00348. The average Bonchev–Trinajstić information content (AvgIpc) is 2.28. The van der Waals surface area contributed by atoms with Crippen LogP contribution in [-0.4, -0.2) is 20.8 Å². The Morgan fingerprint density at radius 1 is 1.29 bits per heavy atom. The first-order valence-electron chi connectivity index (χ1n) is 4.98. The molecule has 0 saturated carbocycles. The van der Waals surface area contributed by atoms with Gasteiger partial charge in [-0.15, -0.1) is 11.6 Å². The molecule has 0 amide bonds. The molecule has 17 heavy (non-hydrogen) atoms. The third-order valence-corrected chi connectivity index (χ3v) is 4.25. The largest absolute Gasteiger partial charge is 0.242 e. The first kappa shape index (κ1) is 14.7. The number of hydrogen-bond acceptors (Lipinski definition) is 2. The molecule has 0 aliphatic rings. The summed E-state index contributed by atoms with van der Waals surface area (Å²) in [5, 5.41) is -0.00348. The van der Waals surface area contributed by atoms with Crippen LogP contribution in [0.25, 0.3) is 0 Å². The van der Waals surface area contributed by atoms with E-state index in [1.807, 2.05) is 0 Å². The summed E-state index contributed by atoms with van der Waals surface area (Å²) < 4.78 is 38.8. The number of benzene rings is 1. The van der Waals surface area contributed by atoms with Crippen LogP contribution in [0.3, 0.4) is 0 Å². The Labute approximate surface area is 110 Å². The summed E-state index contributed by atoms with van der Waals surface area (Å²) in [7, 11) is -3.76. The van der Waals surface area contributed by atoms with Gasteiger partial charge in [0.05, 0.1) is 5.02 Å². The lowest BCUT2D eigenvalue weighted by Gasteiger charge is -2.07. The second-order valence-corrected chi connectivity index (χ2v) is 5.89. The van der Waals surface area contributed by atoms with Gasteiger partial charge in [0.1, 0.15) is 10.7 Å². The van der Waals surface area contributed by atoms with Crippen LogP contribution in [0.1, 0.15) is 12.8 Å². The average molecular weight is 300 g/mol. The van der Waals surface area contributed by atoms with Crippen LogP contribution in [0.5, 0.6) is 0 Å². The maximum atomic E-state index is 13.0. The zero-order valence-corrected chi connectivity index (χ0v) is 11.2. The molecular formula is C10H12Cl2FNO2S. The molecule has 1 aromatic rings. The van der Waals surface area contributed by atoms with Crippen molar-refractivity contribution in [2.45, 2.75) is 17.7 Å². The summed E-state index contributed by atoms with van der Waals surface area (Å²) in [5.74, 6) is -0.168. The molecule has 0 saturated heterocycles. The van der Waals surface area contributed by atoms with E-state index in [9.17, 15) is 12.8 Å². The predicted molar refractivity (Wildman–Crippen MR) is 66.6 cm³/mol. The topological polar surface area (TPSA) is 46.2 Å². The Morgan fingerprint density at radius 2 is 2.00 bits per heavy atom. The molecule has 0 fully saturated rings. The summed E-state index contributed by atoms with van der Waals surface area (Å²) in [6.07, 6.45) is 1.33. The van der Waals surface area contributed by atoms with E-state index >= 15 is 0 Å². The van der Waals surface area contributed by atoms with E-state index in [0.29, 0.717) is 18.7 Å². The van der Waals surface area contributed by atoms with Gasteiger partial charge in [-0.1, -0.05) is 11.6 Å². The first-order chi connectivity index (χ1) is 7.97. The maximum Gasteiger partial charge on any atom is 0.242 e. The van der Waals surface area contributed by atoms with Crippen molar-refractivity contribution in [3.63, 3.8) is 0 Å². The summed E-state index contributed by atoms with van der Waals surface area (Å²) >= 11 is 11.2. The Morgan fingerprint density at radius 3 is 2.65 bits per heavy atom. The van der Waals surface area contributed by atoms with Gasteiger partial charge in [-0.2, -0.15) is 0 Å². The van der Waals surface area contributed by atoms with Gasteiger partial charge in [0.2, 0.25) is 10.0 Å². The monoisotopic (exact) mass is 299 g/mol. The van der Waals surface area contributed by atoms with Crippen molar-refractivity contribution < 1.29 is 12.8 Å². The van der Waals surface area contributed by atoms with E-state index in [1.54, 1.807) is 0 Å². The highest BCUT2D eigenvalue weighted by Gasteiger charge is 2.17. The Bertz CT molecular complexity index is 479. The molecule has 1 rings (SSSR count). The fourth-order valence-corrected chi connectivity index (χ4v) is 2.96. The van der Waals surface area contributed by atoms with E-state index in [4.69, 9.17) is 23.2 Å². The third kappa shape index (κ3) is 4.43. The molecule has 3 nitrogen and oxygen atoms in total. The molecule has 0 aromatic heterocycles.